The molecule has 0 aliphatic carbocycles. The Morgan fingerprint density at radius 1 is 1.32 bits per heavy atom. The Kier molecular flexibility index (Phi) is 3.77. The van der Waals surface area contributed by atoms with E-state index in [9.17, 15) is 9.50 Å². The number of aliphatic hydroxyl groups is 1. The number of aromatic nitrogens is 4. The third-order valence-electron chi connectivity index (χ3n) is 3.62. The van der Waals surface area contributed by atoms with E-state index in [1.165, 1.54) is 12.1 Å². The molecular formula is C16H17FN4O. The lowest BCUT2D eigenvalue weighted by Crippen LogP contribution is -2.05. The van der Waals surface area contributed by atoms with Gasteiger partial charge in [0.15, 0.2) is 0 Å². The van der Waals surface area contributed by atoms with Crippen LogP contribution >= 0.6 is 0 Å². The van der Waals surface area contributed by atoms with Gasteiger partial charge in [0.2, 0.25) is 0 Å². The third-order valence-corrected chi connectivity index (χ3v) is 3.62. The average molecular weight is 300 g/mol. The highest BCUT2D eigenvalue weighted by atomic mass is 19.1. The van der Waals surface area contributed by atoms with Gasteiger partial charge in [0.25, 0.3) is 0 Å². The normalized spacial score (nSPS) is 12.5. The maximum absolute atomic E-state index is 13.5. The molecule has 0 saturated carbocycles. The summed E-state index contributed by atoms with van der Waals surface area (Å²) in [6.07, 6.45) is 4.59. The summed E-state index contributed by atoms with van der Waals surface area (Å²) in [6.45, 7) is 2.19. The Hall–Kier alpha value is -2.47. The quantitative estimate of drug-likeness (QED) is 0.805. The largest absolute Gasteiger partial charge is 0.389 e. The number of aliphatic hydroxyl groups excluding tert-OH is 1. The molecule has 3 aromatic rings. The Bertz CT molecular complexity index is 778. The van der Waals surface area contributed by atoms with Gasteiger partial charge in [0, 0.05) is 30.6 Å². The van der Waals surface area contributed by atoms with E-state index >= 15 is 0 Å². The van der Waals surface area contributed by atoms with Crippen LogP contribution in [-0.2, 0) is 13.6 Å². The van der Waals surface area contributed by atoms with Crippen molar-refractivity contribution in [3.05, 3.63) is 59.8 Å². The topological polar surface area (TPSA) is 55.9 Å². The highest BCUT2D eigenvalue weighted by Gasteiger charge is 2.18. The van der Waals surface area contributed by atoms with E-state index in [-0.39, 0.29) is 5.82 Å². The minimum Gasteiger partial charge on any atom is -0.389 e. The summed E-state index contributed by atoms with van der Waals surface area (Å²) in [5, 5.41) is 18.4. The fraction of sp³-hybridized carbons (Fsp3) is 0.250. The predicted molar refractivity (Wildman–Crippen MR) is 80.6 cm³/mol. The number of rotatable bonds is 4. The Labute approximate surface area is 127 Å². The Balaban J connectivity index is 2.11. The molecule has 2 heterocycles. The molecular weight excluding hydrogens is 283 g/mol. The molecule has 1 unspecified atom stereocenters. The first-order chi connectivity index (χ1) is 10.6. The molecule has 5 nitrogen and oxygen atoms in total. The number of halogens is 1. The van der Waals surface area contributed by atoms with Crippen molar-refractivity contribution in [2.45, 2.75) is 19.6 Å². The number of hydrogen-bond acceptors (Lipinski definition) is 3. The standard InChI is InChI=1S/C16H17FN4O/c1-11(22)15-8-13(17)4-5-14(15)16-12(9-19-20(16)2)10-21-7-3-6-18-21/h3-9,11,22H,10H2,1-2H3. The van der Waals surface area contributed by atoms with Gasteiger partial charge in [-0.05, 0) is 36.8 Å². The zero-order valence-corrected chi connectivity index (χ0v) is 12.4. The van der Waals surface area contributed by atoms with Gasteiger partial charge in [-0.2, -0.15) is 10.2 Å². The SMILES string of the molecule is CC(O)c1cc(F)ccc1-c1c(Cn2cccn2)cnn1C. The fourth-order valence-electron chi connectivity index (χ4n) is 2.61. The second-order valence-corrected chi connectivity index (χ2v) is 5.25. The highest BCUT2D eigenvalue weighted by molar-refractivity contribution is 5.67. The van der Waals surface area contributed by atoms with E-state index in [0.717, 1.165) is 16.8 Å². The zero-order chi connectivity index (χ0) is 15.7. The van der Waals surface area contributed by atoms with Crippen LogP contribution in [0.5, 0.6) is 0 Å². The molecule has 2 aromatic heterocycles. The van der Waals surface area contributed by atoms with E-state index in [1.54, 1.807) is 34.7 Å². The Morgan fingerprint density at radius 3 is 2.82 bits per heavy atom. The van der Waals surface area contributed by atoms with Crippen LogP contribution in [0.15, 0.2) is 42.9 Å². The Morgan fingerprint density at radius 2 is 2.14 bits per heavy atom. The number of nitrogens with zero attached hydrogens (tertiary/aromatic N) is 4. The second kappa shape index (κ2) is 5.73. The first-order valence-corrected chi connectivity index (χ1v) is 7.02. The van der Waals surface area contributed by atoms with Crippen LogP contribution < -0.4 is 0 Å². The monoisotopic (exact) mass is 300 g/mol. The van der Waals surface area contributed by atoms with Gasteiger partial charge in [-0.3, -0.25) is 9.36 Å². The first-order valence-electron chi connectivity index (χ1n) is 7.02. The fourth-order valence-corrected chi connectivity index (χ4v) is 2.61. The van der Waals surface area contributed by atoms with Crippen molar-refractivity contribution >= 4 is 0 Å². The summed E-state index contributed by atoms with van der Waals surface area (Å²) >= 11 is 0. The second-order valence-electron chi connectivity index (χ2n) is 5.25. The van der Waals surface area contributed by atoms with Gasteiger partial charge < -0.3 is 5.11 Å². The van der Waals surface area contributed by atoms with Gasteiger partial charge >= 0.3 is 0 Å². The average Bonchev–Trinajstić information content (AvgIpc) is 3.10. The van der Waals surface area contributed by atoms with E-state index in [2.05, 4.69) is 10.2 Å². The van der Waals surface area contributed by atoms with E-state index in [1.807, 2.05) is 19.3 Å². The van der Waals surface area contributed by atoms with E-state index < -0.39 is 6.10 Å². The third kappa shape index (κ3) is 2.65. The highest BCUT2D eigenvalue weighted by Crippen LogP contribution is 2.31. The molecule has 0 saturated heterocycles. The predicted octanol–water partition coefficient (Wildman–Crippen LogP) is 2.52. The van der Waals surface area contributed by atoms with Crippen LogP contribution in [0, 0.1) is 5.82 Å². The molecule has 0 amide bonds. The molecule has 114 valence electrons. The lowest BCUT2D eigenvalue weighted by Gasteiger charge is -2.14. The lowest BCUT2D eigenvalue weighted by atomic mass is 9.98. The van der Waals surface area contributed by atoms with Crippen LogP contribution in [0.2, 0.25) is 0 Å². The van der Waals surface area contributed by atoms with Crippen molar-refractivity contribution in [2.24, 2.45) is 7.05 Å². The molecule has 0 bridgehead atoms. The smallest absolute Gasteiger partial charge is 0.123 e. The van der Waals surface area contributed by atoms with Crippen molar-refractivity contribution in [2.75, 3.05) is 0 Å². The van der Waals surface area contributed by atoms with Crippen LogP contribution in [0.1, 0.15) is 24.2 Å². The van der Waals surface area contributed by atoms with Crippen LogP contribution in [0.25, 0.3) is 11.3 Å². The van der Waals surface area contributed by atoms with Crippen molar-refractivity contribution in [1.82, 2.24) is 19.6 Å². The molecule has 1 N–H and O–H groups in total. The van der Waals surface area contributed by atoms with Gasteiger partial charge in [-0.25, -0.2) is 4.39 Å². The van der Waals surface area contributed by atoms with Crippen LogP contribution in [-0.4, -0.2) is 24.7 Å². The first kappa shape index (κ1) is 14.5. The van der Waals surface area contributed by atoms with Crippen LogP contribution in [0.4, 0.5) is 4.39 Å². The molecule has 0 radical (unpaired) electrons. The van der Waals surface area contributed by atoms with Gasteiger partial charge in [-0.15, -0.1) is 0 Å². The van der Waals surface area contributed by atoms with Crippen molar-refractivity contribution in [1.29, 1.82) is 0 Å². The summed E-state index contributed by atoms with van der Waals surface area (Å²) < 4.78 is 17.0. The van der Waals surface area contributed by atoms with Gasteiger partial charge in [0.05, 0.1) is 24.5 Å². The molecule has 1 atom stereocenters. The van der Waals surface area contributed by atoms with Crippen molar-refractivity contribution in [3.8, 4) is 11.3 Å². The molecule has 6 heteroatoms. The summed E-state index contributed by atoms with van der Waals surface area (Å²) in [4.78, 5) is 0. The minimum absolute atomic E-state index is 0.365. The summed E-state index contributed by atoms with van der Waals surface area (Å²) in [5.41, 5.74) is 3.13. The van der Waals surface area contributed by atoms with Gasteiger partial charge in [-0.1, -0.05) is 0 Å². The number of hydrogen-bond donors (Lipinski definition) is 1. The van der Waals surface area contributed by atoms with Gasteiger partial charge in [0.1, 0.15) is 5.82 Å². The summed E-state index contributed by atoms with van der Waals surface area (Å²) in [6, 6.07) is 6.30. The maximum Gasteiger partial charge on any atom is 0.123 e. The minimum atomic E-state index is -0.766. The van der Waals surface area contributed by atoms with E-state index in [0.29, 0.717) is 12.1 Å². The maximum atomic E-state index is 13.5. The van der Waals surface area contributed by atoms with E-state index in [4.69, 9.17) is 0 Å². The number of benzene rings is 1. The summed E-state index contributed by atoms with van der Waals surface area (Å²) in [5.74, 6) is -0.365. The summed E-state index contributed by atoms with van der Waals surface area (Å²) in [7, 11) is 1.83. The molecule has 22 heavy (non-hydrogen) atoms. The molecule has 0 aliphatic heterocycles. The number of aryl methyl sites for hydroxylation is 1. The lowest BCUT2D eigenvalue weighted by molar-refractivity contribution is 0.199. The molecule has 0 fully saturated rings. The molecule has 1 aromatic carbocycles. The molecule has 0 aliphatic rings. The van der Waals surface area contributed by atoms with Crippen LogP contribution in [0.3, 0.4) is 0 Å². The molecule has 3 rings (SSSR count). The van der Waals surface area contributed by atoms with Crippen molar-refractivity contribution < 1.29 is 9.50 Å². The molecule has 0 spiro atoms. The van der Waals surface area contributed by atoms with Crippen molar-refractivity contribution in [3.63, 3.8) is 0 Å². The zero-order valence-electron chi connectivity index (χ0n) is 12.4.